The first-order chi connectivity index (χ1) is 9.22. The highest BCUT2D eigenvalue weighted by molar-refractivity contribution is 7.99. The minimum atomic E-state index is 0.338. The van der Waals surface area contributed by atoms with Crippen LogP contribution in [0.2, 0.25) is 0 Å². The lowest BCUT2D eigenvalue weighted by Crippen LogP contribution is -2.05. The molecule has 0 spiro atoms. The van der Waals surface area contributed by atoms with Crippen LogP contribution in [0.1, 0.15) is 19.1 Å². The lowest BCUT2D eigenvalue weighted by Gasteiger charge is -2.06. The first-order valence-corrected chi connectivity index (χ1v) is 6.83. The van der Waals surface area contributed by atoms with Gasteiger partial charge in [-0.05, 0) is 31.2 Å². The molecule has 0 aliphatic heterocycles. The molecule has 0 radical (unpaired) electrons. The Morgan fingerprint density at radius 2 is 2.21 bits per heavy atom. The van der Waals surface area contributed by atoms with Gasteiger partial charge in [0.25, 0.3) is 0 Å². The van der Waals surface area contributed by atoms with Gasteiger partial charge in [0.1, 0.15) is 5.76 Å². The van der Waals surface area contributed by atoms with Crippen LogP contribution in [-0.4, -0.2) is 28.6 Å². The Morgan fingerprint density at radius 1 is 1.37 bits per heavy atom. The quantitative estimate of drug-likeness (QED) is 0.872. The number of nitrogens with zero attached hydrogens (tertiary/aromatic N) is 3. The van der Waals surface area contributed by atoms with Gasteiger partial charge in [-0.1, -0.05) is 6.92 Å². The zero-order valence-corrected chi connectivity index (χ0v) is 12.0. The fourth-order valence-electron chi connectivity index (χ4n) is 1.33. The van der Waals surface area contributed by atoms with Crippen LogP contribution in [0.15, 0.2) is 26.8 Å². The van der Waals surface area contributed by atoms with Crippen molar-refractivity contribution in [3.8, 4) is 6.01 Å². The number of rotatable bonds is 6. The maximum absolute atomic E-state index is 5.45. The number of furan rings is 1. The third-order valence-corrected chi connectivity index (χ3v) is 3.27. The lowest BCUT2D eigenvalue weighted by atomic mass is 10.5. The Kier molecular flexibility index (Phi) is 4.62. The molecule has 0 aliphatic carbocycles. The van der Waals surface area contributed by atoms with Crippen molar-refractivity contribution in [1.29, 1.82) is 0 Å². The van der Waals surface area contributed by atoms with Crippen molar-refractivity contribution >= 4 is 17.7 Å². The van der Waals surface area contributed by atoms with E-state index in [0.717, 1.165) is 17.1 Å². The molecule has 2 heterocycles. The Bertz CT molecular complexity index is 544. The molecule has 19 heavy (non-hydrogen) atoms. The van der Waals surface area contributed by atoms with E-state index in [-0.39, 0.29) is 0 Å². The molecule has 1 N–H and O–H groups in total. The number of hydrogen-bond acceptors (Lipinski definition) is 7. The minimum Gasteiger partial charge on any atom is -0.468 e. The molecule has 2 aromatic rings. The summed E-state index contributed by atoms with van der Waals surface area (Å²) >= 11 is 1.42. The van der Waals surface area contributed by atoms with Gasteiger partial charge in [-0.25, -0.2) is 0 Å². The average Bonchev–Trinajstić information content (AvgIpc) is 2.81. The molecule has 2 rings (SSSR count). The van der Waals surface area contributed by atoms with E-state index in [9.17, 15) is 0 Å². The second-order valence-electron chi connectivity index (χ2n) is 3.77. The lowest BCUT2D eigenvalue weighted by molar-refractivity contribution is 0.288. The number of hydrogen-bond donors (Lipinski definition) is 1. The molecular formula is C12H16N4O2S. The van der Waals surface area contributed by atoms with Crippen molar-refractivity contribution in [2.75, 3.05) is 19.0 Å². The van der Waals surface area contributed by atoms with Crippen molar-refractivity contribution < 1.29 is 9.15 Å². The molecule has 0 aliphatic rings. The fraction of sp³-hybridized carbons (Fsp3) is 0.417. The van der Waals surface area contributed by atoms with Gasteiger partial charge in [0, 0.05) is 7.05 Å². The highest BCUT2D eigenvalue weighted by Crippen LogP contribution is 2.29. The second-order valence-corrected chi connectivity index (χ2v) is 4.77. The van der Waals surface area contributed by atoms with E-state index < -0.39 is 0 Å². The summed E-state index contributed by atoms with van der Waals surface area (Å²) < 4.78 is 10.7. The third-order valence-electron chi connectivity index (χ3n) is 2.27. The van der Waals surface area contributed by atoms with E-state index in [1.165, 1.54) is 11.8 Å². The van der Waals surface area contributed by atoms with Crippen LogP contribution in [0.5, 0.6) is 6.01 Å². The molecule has 2 aromatic heterocycles. The van der Waals surface area contributed by atoms with Gasteiger partial charge in [0.2, 0.25) is 11.1 Å². The molecule has 0 aromatic carbocycles. The third kappa shape index (κ3) is 3.60. The number of ether oxygens (including phenoxy) is 1. The van der Waals surface area contributed by atoms with Gasteiger partial charge >= 0.3 is 6.01 Å². The van der Waals surface area contributed by atoms with Crippen molar-refractivity contribution in [3.63, 3.8) is 0 Å². The standard InChI is InChI=1S/C12H16N4O2S/c1-4-6-18-11-14-10(13-3)15-12(16-11)19-9-5-7-17-8(9)2/h5,7H,4,6H2,1-3H3,(H,13,14,15,16). The largest absolute Gasteiger partial charge is 0.468 e. The Morgan fingerprint density at radius 3 is 2.84 bits per heavy atom. The molecule has 0 saturated carbocycles. The van der Waals surface area contributed by atoms with E-state index in [2.05, 4.69) is 20.3 Å². The van der Waals surface area contributed by atoms with E-state index in [1.54, 1.807) is 13.3 Å². The van der Waals surface area contributed by atoms with Crippen molar-refractivity contribution in [1.82, 2.24) is 15.0 Å². The summed E-state index contributed by atoms with van der Waals surface area (Å²) in [5, 5.41) is 3.48. The molecule has 0 unspecified atom stereocenters. The summed E-state index contributed by atoms with van der Waals surface area (Å²) in [6.07, 6.45) is 2.55. The van der Waals surface area contributed by atoms with E-state index in [4.69, 9.17) is 9.15 Å². The van der Waals surface area contributed by atoms with Crippen LogP contribution in [-0.2, 0) is 0 Å². The Balaban J connectivity index is 2.21. The van der Waals surface area contributed by atoms with E-state index >= 15 is 0 Å². The van der Waals surface area contributed by atoms with E-state index in [0.29, 0.717) is 23.7 Å². The minimum absolute atomic E-state index is 0.338. The van der Waals surface area contributed by atoms with Crippen LogP contribution >= 0.6 is 11.8 Å². The smallest absolute Gasteiger partial charge is 0.322 e. The molecule has 0 bridgehead atoms. The first kappa shape index (κ1) is 13.7. The molecular weight excluding hydrogens is 264 g/mol. The molecule has 102 valence electrons. The zero-order valence-electron chi connectivity index (χ0n) is 11.1. The van der Waals surface area contributed by atoms with Crippen LogP contribution in [0.3, 0.4) is 0 Å². The van der Waals surface area contributed by atoms with Gasteiger partial charge in [0.05, 0.1) is 17.8 Å². The summed E-state index contributed by atoms with van der Waals surface area (Å²) in [7, 11) is 1.76. The molecule has 6 nitrogen and oxygen atoms in total. The summed E-state index contributed by atoms with van der Waals surface area (Å²) in [5.74, 6) is 1.33. The zero-order chi connectivity index (χ0) is 13.7. The van der Waals surface area contributed by atoms with Gasteiger partial charge in [-0.3, -0.25) is 0 Å². The van der Waals surface area contributed by atoms with Crippen LogP contribution in [0, 0.1) is 6.92 Å². The summed E-state index contributed by atoms with van der Waals surface area (Å²) in [5.41, 5.74) is 0. The SMILES string of the molecule is CCCOc1nc(NC)nc(Sc2ccoc2C)n1. The number of nitrogens with one attached hydrogen (secondary N) is 1. The highest BCUT2D eigenvalue weighted by atomic mass is 32.2. The number of aryl methyl sites for hydroxylation is 1. The topological polar surface area (TPSA) is 73.1 Å². The molecule has 0 atom stereocenters. The van der Waals surface area contributed by atoms with Gasteiger partial charge < -0.3 is 14.5 Å². The highest BCUT2D eigenvalue weighted by Gasteiger charge is 2.10. The fourth-order valence-corrected chi connectivity index (χ4v) is 2.10. The number of anilines is 1. The molecule has 7 heteroatoms. The summed E-state index contributed by atoms with van der Waals surface area (Å²) in [6, 6.07) is 2.22. The van der Waals surface area contributed by atoms with Gasteiger partial charge in [0.15, 0.2) is 0 Å². The van der Waals surface area contributed by atoms with Crippen molar-refractivity contribution in [3.05, 3.63) is 18.1 Å². The number of aromatic nitrogens is 3. The monoisotopic (exact) mass is 280 g/mol. The predicted molar refractivity (Wildman–Crippen MR) is 72.7 cm³/mol. The normalized spacial score (nSPS) is 10.5. The van der Waals surface area contributed by atoms with Gasteiger partial charge in [-0.2, -0.15) is 15.0 Å². The van der Waals surface area contributed by atoms with E-state index in [1.807, 2.05) is 19.9 Å². The molecule has 0 saturated heterocycles. The maximum atomic E-state index is 5.45. The van der Waals surface area contributed by atoms with Crippen molar-refractivity contribution in [2.24, 2.45) is 0 Å². The van der Waals surface area contributed by atoms with Crippen LogP contribution in [0.25, 0.3) is 0 Å². The predicted octanol–water partition coefficient (Wildman–Crippen LogP) is 2.75. The summed E-state index contributed by atoms with van der Waals surface area (Å²) in [6.45, 7) is 4.52. The average molecular weight is 280 g/mol. The summed E-state index contributed by atoms with van der Waals surface area (Å²) in [4.78, 5) is 13.7. The first-order valence-electron chi connectivity index (χ1n) is 6.01. The molecule has 0 amide bonds. The van der Waals surface area contributed by atoms with Gasteiger partial charge in [-0.15, -0.1) is 0 Å². The van der Waals surface area contributed by atoms with Crippen molar-refractivity contribution in [2.45, 2.75) is 30.3 Å². The Labute approximate surface area is 116 Å². The molecule has 0 fully saturated rings. The second kappa shape index (κ2) is 6.42. The maximum Gasteiger partial charge on any atom is 0.322 e. The Hall–Kier alpha value is -1.76. The van der Waals surface area contributed by atoms with Crippen LogP contribution < -0.4 is 10.1 Å². The van der Waals surface area contributed by atoms with Crippen LogP contribution in [0.4, 0.5) is 5.95 Å².